The molecule has 0 spiro atoms. The molecule has 2 aromatic carbocycles. The monoisotopic (exact) mass is 324 g/mol. The van der Waals surface area contributed by atoms with Gasteiger partial charge in [-0.3, -0.25) is 0 Å². The van der Waals surface area contributed by atoms with Gasteiger partial charge in [-0.1, -0.05) is 79.4 Å². The maximum absolute atomic E-state index is 3.87. The van der Waals surface area contributed by atoms with E-state index in [9.17, 15) is 0 Å². The highest BCUT2D eigenvalue weighted by Gasteiger charge is 2.09. The summed E-state index contributed by atoms with van der Waals surface area (Å²) in [5, 5.41) is 0. The Hall–Kier alpha value is -2.86. The largest absolute Gasteiger partial charge is 0.0990 e. The van der Waals surface area contributed by atoms with E-state index in [2.05, 4.69) is 91.6 Å². The van der Waals surface area contributed by atoms with Crippen molar-refractivity contribution in [2.45, 2.75) is 19.8 Å². The van der Waals surface area contributed by atoms with Gasteiger partial charge in [-0.05, 0) is 71.4 Å². The van der Waals surface area contributed by atoms with E-state index in [4.69, 9.17) is 0 Å². The lowest BCUT2D eigenvalue weighted by atomic mass is 9.91. The molecule has 1 aliphatic rings. The van der Waals surface area contributed by atoms with Crippen LogP contribution in [0.2, 0.25) is 0 Å². The second-order valence-corrected chi connectivity index (χ2v) is 6.16. The van der Waals surface area contributed by atoms with Crippen molar-refractivity contribution >= 4 is 11.1 Å². The van der Waals surface area contributed by atoms with Crippen molar-refractivity contribution in [2.24, 2.45) is 0 Å². The Morgan fingerprint density at radius 3 is 2.44 bits per heavy atom. The molecule has 0 heteroatoms. The third kappa shape index (κ3) is 4.16. The van der Waals surface area contributed by atoms with Gasteiger partial charge in [0.2, 0.25) is 0 Å². The SMILES string of the molecule is C=C/C=C(\C=C/C)c1cc(C2=CCCC=C2)cc(-c2ccccc2)c1. The molecule has 0 saturated heterocycles. The topological polar surface area (TPSA) is 0 Å². The second-order valence-electron chi connectivity index (χ2n) is 6.16. The van der Waals surface area contributed by atoms with E-state index in [1.165, 1.54) is 33.4 Å². The summed E-state index contributed by atoms with van der Waals surface area (Å²) in [5.41, 5.74) is 7.46. The zero-order chi connectivity index (χ0) is 17.5. The predicted molar refractivity (Wildman–Crippen MR) is 111 cm³/mol. The first-order valence-corrected chi connectivity index (χ1v) is 8.85. The molecule has 0 saturated carbocycles. The molecule has 0 nitrogen and oxygen atoms in total. The van der Waals surface area contributed by atoms with Crippen LogP contribution in [0.3, 0.4) is 0 Å². The van der Waals surface area contributed by atoms with Gasteiger partial charge >= 0.3 is 0 Å². The summed E-state index contributed by atoms with van der Waals surface area (Å²) in [4.78, 5) is 0. The summed E-state index contributed by atoms with van der Waals surface area (Å²) in [6, 6.07) is 17.4. The Labute approximate surface area is 151 Å². The minimum absolute atomic E-state index is 1.11. The van der Waals surface area contributed by atoms with Crippen LogP contribution in [-0.4, -0.2) is 0 Å². The fraction of sp³-hybridized carbons (Fsp3) is 0.120. The summed E-state index contributed by atoms with van der Waals surface area (Å²) in [5.74, 6) is 0. The fourth-order valence-corrected chi connectivity index (χ4v) is 3.14. The van der Waals surface area contributed by atoms with E-state index in [1.54, 1.807) is 0 Å². The average molecular weight is 324 g/mol. The minimum atomic E-state index is 1.11. The number of allylic oxidation sites excluding steroid dienone is 9. The molecule has 0 amide bonds. The Balaban J connectivity index is 2.17. The van der Waals surface area contributed by atoms with Crippen molar-refractivity contribution in [2.75, 3.05) is 0 Å². The third-order valence-corrected chi connectivity index (χ3v) is 4.35. The van der Waals surface area contributed by atoms with Gasteiger partial charge in [0.05, 0.1) is 0 Å². The van der Waals surface area contributed by atoms with Gasteiger partial charge in [0.1, 0.15) is 0 Å². The Morgan fingerprint density at radius 2 is 1.76 bits per heavy atom. The van der Waals surface area contributed by atoms with Gasteiger partial charge in [-0.25, -0.2) is 0 Å². The molecule has 0 heterocycles. The van der Waals surface area contributed by atoms with E-state index in [0.29, 0.717) is 0 Å². The van der Waals surface area contributed by atoms with E-state index >= 15 is 0 Å². The van der Waals surface area contributed by atoms with Crippen LogP contribution < -0.4 is 0 Å². The van der Waals surface area contributed by atoms with Crippen LogP contribution in [0, 0.1) is 0 Å². The molecule has 0 radical (unpaired) electrons. The van der Waals surface area contributed by atoms with Crippen molar-refractivity contribution in [3.63, 3.8) is 0 Å². The third-order valence-electron chi connectivity index (χ3n) is 4.35. The van der Waals surface area contributed by atoms with E-state index in [1.807, 2.05) is 13.0 Å². The highest BCUT2D eigenvalue weighted by molar-refractivity contribution is 5.85. The summed E-state index contributed by atoms with van der Waals surface area (Å²) in [7, 11) is 0. The first-order valence-electron chi connectivity index (χ1n) is 8.85. The number of hydrogen-bond donors (Lipinski definition) is 0. The van der Waals surface area contributed by atoms with Crippen molar-refractivity contribution in [1.82, 2.24) is 0 Å². The van der Waals surface area contributed by atoms with E-state index in [0.717, 1.165) is 12.8 Å². The molecular weight excluding hydrogens is 300 g/mol. The summed E-state index contributed by atoms with van der Waals surface area (Å²) >= 11 is 0. The van der Waals surface area contributed by atoms with E-state index < -0.39 is 0 Å². The molecule has 124 valence electrons. The van der Waals surface area contributed by atoms with Gasteiger partial charge in [0.15, 0.2) is 0 Å². The maximum Gasteiger partial charge on any atom is -0.0172 e. The number of benzene rings is 2. The lowest BCUT2D eigenvalue weighted by Crippen LogP contribution is -1.92. The Bertz CT molecular complexity index is 858. The molecule has 2 aromatic rings. The lowest BCUT2D eigenvalue weighted by molar-refractivity contribution is 1.04. The van der Waals surface area contributed by atoms with Gasteiger partial charge in [0, 0.05) is 0 Å². The molecule has 3 rings (SSSR count). The van der Waals surface area contributed by atoms with Crippen LogP contribution in [0.15, 0.2) is 97.6 Å². The Morgan fingerprint density at radius 1 is 0.960 bits per heavy atom. The smallest absolute Gasteiger partial charge is 0.0172 e. The molecule has 25 heavy (non-hydrogen) atoms. The van der Waals surface area contributed by atoms with Crippen molar-refractivity contribution in [1.29, 1.82) is 0 Å². The quantitative estimate of drug-likeness (QED) is 0.509. The van der Waals surface area contributed by atoms with Crippen molar-refractivity contribution in [3.8, 4) is 11.1 Å². The van der Waals surface area contributed by atoms with Crippen LogP contribution in [0.4, 0.5) is 0 Å². The first-order chi connectivity index (χ1) is 12.3. The maximum atomic E-state index is 3.87. The van der Waals surface area contributed by atoms with Crippen molar-refractivity contribution in [3.05, 3.63) is 109 Å². The summed E-state index contributed by atoms with van der Waals surface area (Å²) < 4.78 is 0. The molecule has 0 bridgehead atoms. The zero-order valence-electron chi connectivity index (χ0n) is 14.8. The minimum Gasteiger partial charge on any atom is -0.0990 e. The fourth-order valence-electron chi connectivity index (χ4n) is 3.14. The molecule has 0 aliphatic heterocycles. The zero-order valence-corrected chi connectivity index (χ0v) is 14.8. The van der Waals surface area contributed by atoms with Crippen LogP contribution in [0.1, 0.15) is 30.9 Å². The second kappa shape index (κ2) is 8.30. The first kappa shape index (κ1) is 17.0. The summed E-state index contributed by atoms with van der Waals surface area (Å²) in [6.07, 6.45) is 17.2. The summed E-state index contributed by atoms with van der Waals surface area (Å²) in [6.45, 7) is 5.92. The van der Waals surface area contributed by atoms with E-state index in [-0.39, 0.29) is 0 Å². The highest BCUT2D eigenvalue weighted by Crippen LogP contribution is 2.31. The molecule has 0 fully saturated rings. The lowest BCUT2D eigenvalue weighted by Gasteiger charge is -2.13. The molecule has 0 N–H and O–H groups in total. The van der Waals surface area contributed by atoms with Gasteiger partial charge in [-0.15, -0.1) is 0 Å². The van der Waals surface area contributed by atoms with Crippen LogP contribution in [0.5, 0.6) is 0 Å². The van der Waals surface area contributed by atoms with Crippen molar-refractivity contribution < 1.29 is 0 Å². The number of hydrogen-bond acceptors (Lipinski definition) is 0. The highest BCUT2D eigenvalue weighted by atomic mass is 14.1. The van der Waals surface area contributed by atoms with Gasteiger partial charge < -0.3 is 0 Å². The molecule has 1 aliphatic carbocycles. The van der Waals surface area contributed by atoms with Crippen LogP contribution >= 0.6 is 0 Å². The normalized spacial score (nSPS) is 14.6. The number of rotatable bonds is 5. The average Bonchev–Trinajstić information content (AvgIpc) is 2.69. The van der Waals surface area contributed by atoms with Gasteiger partial charge in [-0.2, -0.15) is 0 Å². The molecular formula is C25H24. The standard InChI is InChI=1S/C25H24/c1-3-11-20(12-4-2)23-17-24(21-13-7-5-8-14-21)19-25(18-23)22-15-9-6-10-16-22/h3-5,7-9,11-19H,1,6,10H2,2H3/b12-4-,20-11+. The molecule has 0 aromatic heterocycles. The molecule has 0 atom stereocenters. The van der Waals surface area contributed by atoms with Crippen LogP contribution in [0.25, 0.3) is 22.3 Å². The molecule has 0 unspecified atom stereocenters. The Kier molecular flexibility index (Phi) is 5.64. The van der Waals surface area contributed by atoms with Crippen LogP contribution in [-0.2, 0) is 0 Å². The van der Waals surface area contributed by atoms with Gasteiger partial charge in [0.25, 0.3) is 0 Å². The predicted octanol–water partition coefficient (Wildman–Crippen LogP) is 7.23.